The predicted octanol–water partition coefficient (Wildman–Crippen LogP) is 3.14. The maximum absolute atomic E-state index is 13.2. The molecule has 1 aliphatic rings. The summed E-state index contributed by atoms with van der Waals surface area (Å²) in [4.78, 5) is 15.9. The van der Waals surface area contributed by atoms with Gasteiger partial charge in [0.2, 0.25) is 5.91 Å². The topological polar surface area (TPSA) is 69.1 Å². The van der Waals surface area contributed by atoms with E-state index < -0.39 is 5.82 Å². The van der Waals surface area contributed by atoms with Crippen molar-refractivity contribution in [2.24, 2.45) is 11.0 Å². The molecule has 1 aliphatic heterocycles. The third kappa shape index (κ3) is 2.55. The van der Waals surface area contributed by atoms with E-state index in [-0.39, 0.29) is 24.8 Å². The number of benzene rings is 1. The SMILES string of the molecule is [N-]=[N+]=NCC1CC(=O)N(c2cc(F)ccc2Cl)C1. The van der Waals surface area contributed by atoms with Crippen LogP contribution in [-0.4, -0.2) is 19.0 Å². The van der Waals surface area contributed by atoms with Crippen LogP contribution in [0.4, 0.5) is 10.1 Å². The number of hydrogen-bond acceptors (Lipinski definition) is 2. The minimum Gasteiger partial charge on any atom is -0.311 e. The number of anilines is 1. The molecule has 1 unspecified atom stereocenters. The zero-order chi connectivity index (χ0) is 13.1. The van der Waals surface area contributed by atoms with Gasteiger partial charge in [-0.15, -0.1) is 0 Å². The molecule has 1 saturated heterocycles. The third-order valence-electron chi connectivity index (χ3n) is 2.81. The number of amides is 1. The molecule has 1 fully saturated rings. The monoisotopic (exact) mass is 268 g/mol. The lowest BCUT2D eigenvalue weighted by Crippen LogP contribution is -2.25. The zero-order valence-corrected chi connectivity index (χ0v) is 10.1. The summed E-state index contributed by atoms with van der Waals surface area (Å²) in [5.74, 6) is -0.630. The van der Waals surface area contributed by atoms with E-state index >= 15 is 0 Å². The molecule has 0 spiro atoms. The predicted molar refractivity (Wildman–Crippen MR) is 65.9 cm³/mol. The van der Waals surface area contributed by atoms with E-state index in [1.807, 2.05) is 0 Å². The van der Waals surface area contributed by atoms with Crippen LogP contribution in [-0.2, 0) is 4.79 Å². The summed E-state index contributed by atoms with van der Waals surface area (Å²) >= 11 is 5.95. The lowest BCUT2D eigenvalue weighted by atomic mass is 10.1. The molecule has 0 N–H and O–H groups in total. The Kier molecular flexibility index (Phi) is 3.69. The molecule has 1 aromatic carbocycles. The van der Waals surface area contributed by atoms with Crippen molar-refractivity contribution < 1.29 is 9.18 Å². The molecule has 0 saturated carbocycles. The molecular weight excluding hydrogens is 259 g/mol. The molecule has 1 aromatic rings. The second kappa shape index (κ2) is 5.25. The summed E-state index contributed by atoms with van der Waals surface area (Å²) in [6, 6.07) is 3.89. The molecule has 7 heteroatoms. The number of carbonyl (C=O) groups excluding carboxylic acids is 1. The zero-order valence-electron chi connectivity index (χ0n) is 9.38. The molecule has 2 rings (SSSR count). The van der Waals surface area contributed by atoms with E-state index in [4.69, 9.17) is 17.1 Å². The number of azide groups is 1. The number of hydrogen-bond donors (Lipinski definition) is 0. The summed E-state index contributed by atoms with van der Waals surface area (Å²) in [5, 5.41) is 3.78. The highest BCUT2D eigenvalue weighted by Crippen LogP contribution is 2.31. The van der Waals surface area contributed by atoms with E-state index in [0.29, 0.717) is 17.3 Å². The van der Waals surface area contributed by atoms with Crippen LogP contribution >= 0.6 is 11.6 Å². The second-order valence-corrected chi connectivity index (χ2v) is 4.49. The Morgan fingerprint density at radius 2 is 2.39 bits per heavy atom. The lowest BCUT2D eigenvalue weighted by Gasteiger charge is -2.17. The first kappa shape index (κ1) is 12.7. The number of nitrogens with zero attached hydrogens (tertiary/aromatic N) is 4. The number of rotatable bonds is 3. The largest absolute Gasteiger partial charge is 0.311 e. The highest BCUT2D eigenvalue weighted by Gasteiger charge is 2.31. The first-order valence-corrected chi connectivity index (χ1v) is 5.76. The van der Waals surface area contributed by atoms with Crippen molar-refractivity contribution >= 4 is 23.2 Å². The summed E-state index contributed by atoms with van der Waals surface area (Å²) in [5.41, 5.74) is 8.61. The fourth-order valence-electron chi connectivity index (χ4n) is 1.98. The maximum atomic E-state index is 13.2. The van der Waals surface area contributed by atoms with Crippen molar-refractivity contribution in [3.63, 3.8) is 0 Å². The Hall–Kier alpha value is -1.78. The Morgan fingerprint density at radius 3 is 3.11 bits per heavy atom. The van der Waals surface area contributed by atoms with Crippen molar-refractivity contribution in [2.45, 2.75) is 6.42 Å². The molecule has 0 bridgehead atoms. The quantitative estimate of drug-likeness (QED) is 0.472. The normalized spacial score (nSPS) is 18.9. The van der Waals surface area contributed by atoms with Crippen molar-refractivity contribution in [3.05, 3.63) is 39.5 Å². The van der Waals surface area contributed by atoms with Gasteiger partial charge < -0.3 is 4.90 Å². The molecule has 0 aliphatic carbocycles. The smallest absolute Gasteiger partial charge is 0.227 e. The van der Waals surface area contributed by atoms with Crippen molar-refractivity contribution in [1.29, 1.82) is 0 Å². The molecule has 18 heavy (non-hydrogen) atoms. The first-order valence-electron chi connectivity index (χ1n) is 5.38. The Labute approximate surface area is 108 Å². The molecule has 0 radical (unpaired) electrons. The minimum atomic E-state index is -0.444. The van der Waals surface area contributed by atoms with Crippen molar-refractivity contribution in [1.82, 2.24) is 0 Å². The van der Waals surface area contributed by atoms with Gasteiger partial charge in [-0.05, 0) is 29.6 Å². The summed E-state index contributed by atoms with van der Waals surface area (Å²) in [7, 11) is 0. The molecule has 1 atom stereocenters. The summed E-state index contributed by atoms with van der Waals surface area (Å²) in [6.45, 7) is 0.646. The van der Waals surface area contributed by atoms with Crippen LogP contribution in [0.1, 0.15) is 6.42 Å². The molecule has 94 valence electrons. The molecule has 1 heterocycles. The standard InChI is InChI=1S/C11H10ClFN4O/c12-9-2-1-8(13)4-10(9)17-6-7(3-11(17)18)5-15-16-14/h1-2,4,7H,3,5-6H2. The van der Waals surface area contributed by atoms with Crippen LogP contribution in [0.25, 0.3) is 10.4 Å². The Morgan fingerprint density at radius 1 is 1.61 bits per heavy atom. The fraction of sp³-hybridized carbons (Fsp3) is 0.364. The maximum Gasteiger partial charge on any atom is 0.227 e. The van der Waals surface area contributed by atoms with Crippen molar-refractivity contribution in [3.8, 4) is 0 Å². The van der Waals surface area contributed by atoms with Gasteiger partial charge in [0.1, 0.15) is 5.82 Å². The third-order valence-corrected chi connectivity index (χ3v) is 3.13. The molecule has 5 nitrogen and oxygen atoms in total. The molecule has 1 amide bonds. The summed E-state index contributed by atoms with van der Waals surface area (Å²) in [6.07, 6.45) is 0.284. The van der Waals surface area contributed by atoms with Gasteiger partial charge in [0, 0.05) is 24.4 Å². The summed E-state index contributed by atoms with van der Waals surface area (Å²) < 4.78 is 13.2. The average molecular weight is 269 g/mol. The lowest BCUT2D eigenvalue weighted by molar-refractivity contribution is -0.117. The minimum absolute atomic E-state index is 0.0484. The van der Waals surface area contributed by atoms with Crippen LogP contribution in [0.15, 0.2) is 23.3 Å². The van der Waals surface area contributed by atoms with E-state index in [1.54, 1.807) is 0 Å². The van der Waals surface area contributed by atoms with Crippen LogP contribution in [0.2, 0.25) is 5.02 Å². The highest BCUT2D eigenvalue weighted by atomic mass is 35.5. The van der Waals surface area contributed by atoms with E-state index in [0.717, 1.165) is 0 Å². The van der Waals surface area contributed by atoms with Gasteiger partial charge in [-0.25, -0.2) is 4.39 Å². The van der Waals surface area contributed by atoms with Gasteiger partial charge in [-0.1, -0.05) is 16.7 Å². The van der Waals surface area contributed by atoms with Gasteiger partial charge in [0.15, 0.2) is 0 Å². The first-order chi connectivity index (χ1) is 8.61. The number of halogens is 2. The number of carbonyl (C=O) groups is 1. The molecule has 0 aromatic heterocycles. The van der Waals surface area contributed by atoms with Crippen LogP contribution in [0.3, 0.4) is 0 Å². The van der Waals surface area contributed by atoms with Gasteiger partial charge in [-0.2, -0.15) is 0 Å². The second-order valence-electron chi connectivity index (χ2n) is 4.08. The highest BCUT2D eigenvalue weighted by molar-refractivity contribution is 6.33. The molecular formula is C11H10ClFN4O. The Balaban J connectivity index is 2.21. The van der Waals surface area contributed by atoms with Crippen molar-refractivity contribution in [2.75, 3.05) is 18.0 Å². The van der Waals surface area contributed by atoms with Gasteiger partial charge in [-0.3, -0.25) is 4.79 Å². The van der Waals surface area contributed by atoms with Crippen LogP contribution < -0.4 is 4.90 Å². The van der Waals surface area contributed by atoms with Gasteiger partial charge in [0.05, 0.1) is 10.7 Å². The van der Waals surface area contributed by atoms with Crippen LogP contribution in [0, 0.1) is 11.7 Å². The average Bonchev–Trinajstić information content (AvgIpc) is 2.71. The van der Waals surface area contributed by atoms with Crippen LogP contribution in [0.5, 0.6) is 0 Å². The Bertz CT molecular complexity index is 530. The van der Waals surface area contributed by atoms with Gasteiger partial charge >= 0.3 is 0 Å². The fourth-order valence-corrected chi connectivity index (χ4v) is 2.20. The van der Waals surface area contributed by atoms with E-state index in [2.05, 4.69) is 10.0 Å². The van der Waals surface area contributed by atoms with E-state index in [1.165, 1.54) is 23.1 Å². The van der Waals surface area contributed by atoms with E-state index in [9.17, 15) is 9.18 Å². The van der Waals surface area contributed by atoms with Gasteiger partial charge in [0.25, 0.3) is 0 Å².